The van der Waals surface area contributed by atoms with E-state index in [9.17, 15) is 17.6 Å². The van der Waals surface area contributed by atoms with E-state index in [1.165, 1.54) is 28.6 Å². The van der Waals surface area contributed by atoms with Gasteiger partial charge in [-0.25, -0.2) is 17.1 Å². The topological polar surface area (TPSA) is 66.5 Å². The predicted octanol–water partition coefficient (Wildman–Crippen LogP) is 3.86. The quantitative estimate of drug-likeness (QED) is 0.754. The zero-order valence-electron chi connectivity index (χ0n) is 17.7. The third-order valence-corrected chi connectivity index (χ3v) is 7.59. The van der Waals surface area contributed by atoms with Gasteiger partial charge in [-0.1, -0.05) is 35.9 Å². The maximum Gasteiger partial charge on any atom is 0.223 e. The summed E-state index contributed by atoms with van der Waals surface area (Å²) in [5.41, 5.74) is 3.94. The van der Waals surface area contributed by atoms with E-state index in [0.717, 1.165) is 16.7 Å². The van der Waals surface area contributed by atoms with Crippen LogP contribution in [0, 0.1) is 25.6 Å². The van der Waals surface area contributed by atoms with Crippen LogP contribution in [-0.4, -0.2) is 31.7 Å². The Morgan fingerprint density at radius 3 is 2.40 bits per heavy atom. The Hall–Kier alpha value is -2.25. The van der Waals surface area contributed by atoms with E-state index in [2.05, 4.69) is 23.5 Å². The van der Waals surface area contributed by atoms with Gasteiger partial charge in [0, 0.05) is 19.0 Å². The summed E-state index contributed by atoms with van der Waals surface area (Å²) in [4.78, 5) is 12.7. The number of aryl methyl sites for hydroxylation is 2. The van der Waals surface area contributed by atoms with Gasteiger partial charge in [0.15, 0.2) is 0 Å². The van der Waals surface area contributed by atoms with Crippen LogP contribution in [0.25, 0.3) is 0 Å². The summed E-state index contributed by atoms with van der Waals surface area (Å²) in [6.07, 6.45) is 0.988. The molecule has 1 heterocycles. The zero-order chi connectivity index (χ0) is 21.9. The molecular formula is C23H29FN2O3S. The highest BCUT2D eigenvalue weighted by Gasteiger charge is 2.31. The molecule has 0 bridgehead atoms. The summed E-state index contributed by atoms with van der Waals surface area (Å²) in [5.74, 6) is -0.778. The van der Waals surface area contributed by atoms with Crippen molar-refractivity contribution in [3.63, 3.8) is 0 Å². The number of carbonyl (C=O) groups is 1. The molecule has 1 saturated heterocycles. The highest BCUT2D eigenvalue weighted by molar-refractivity contribution is 7.88. The SMILES string of the molecule is Cc1ccc(C)c([C@H](C)NC(=O)C2CCN(S(=O)(=O)Cc3ccc(F)cc3)CC2)c1. The first-order valence-electron chi connectivity index (χ1n) is 10.3. The van der Waals surface area contributed by atoms with Crippen molar-refractivity contribution in [2.24, 2.45) is 5.92 Å². The van der Waals surface area contributed by atoms with Crippen molar-refractivity contribution >= 4 is 15.9 Å². The van der Waals surface area contributed by atoms with Gasteiger partial charge in [-0.3, -0.25) is 4.79 Å². The fraction of sp³-hybridized carbons (Fsp3) is 0.435. The highest BCUT2D eigenvalue weighted by Crippen LogP contribution is 2.24. The summed E-state index contributed by atoms with van der Waals surface area (Å²) in [5, 5.41) is 3.09. The second kappa shape index (κ2) is 9.27. The van der Waals surface area contributed by atoms with E-state index in [-0.39, 0.29) is 23.6 Å². The van der Waals surface area contributed by atoms with Crippen molar-refractivity contribution in [3.8, 4) is 0 Å². The van der Waals surface area contributed by atoms with Gasteiger partial charge < -0.3 is 5.32 Å². The van der Waals surface area contributed by atoms with Gasteiger partial charge in [0.2, 0.25) is 15.9 Å². The molecule has 1 aliphatic rings. The van der Waals surface area contributed by atoms with Crippen molar-refractivity contribution in [1.82, 2.24) is 9.62 Å². The van der Waals surface area contributed by atoms with Gasteiger partial charge in [0.25, 0.3) is 0 Å². The second-order valence-electron chi connectivity index (χ2n) is 8.15. The van der Waals surface area contributed by atoms with Crippen molar-refractivity contribution in [2.45, 2.75) is 45.4 Å². The molecule has 0 aromatic heterocycles. The maximum atomic E-state index is 13.0. The van der Waals surface area contributed by atoms with E-state index in [4.69, 9.17) is 0 Å². The molecule has 7 heteroatoms. The third-order valence-electron chi connectivity index (χ3n) is 5.74. The molecule has 0 unspecified atom stereocenters. The number of halogens is 1. The molecule has 30 heavy (non-hydrogen) atoms. The van der Waals surface area contributed by atoms with Crippen molar-refractivity contribution in [1.29, 1.82) is 0 Å². The average Bonchev–Trinajstić information content (AvgIpc) is 2.71. The number of sulfonamides is 1. The molecule has 1 aliphatic heterocycles. The number of hydrogen-bond acceptors (Lipinski definition) is 3. The van der Waals surface area contributed by atoms with E-state index < -0.39 is 15.8 Å². The molecule has 2 aromatic rings. The number of hydrogen-bond donors (Lipinski definition) is 1. The van der Waals surface area contributed by atoms with Crippen molar-refractivity contribution < 1.29 is 17.6 Å². The van der Waals surface area contributed by atoms with Crippen LogP contribution in [0.15, 0.2) is 42.5 Å². The lowest BCUT2D eigenvalue weighted by atomic mass is 9.95. The van der Waals surface area contributed by atoms with Gasteiger partial charge in [-0.15, -0.1) is 0 Å². The van der Waals surface area contributed by atoms with Crippen LogP contribution in [0.2, 0.25) is 0 Å². The van der Waals surface area contributed by atoms with E-state index in [0.29, 0.717) is 31.5 Å². The monoisotopic (exact) mass is 432 g/mol. The van der Waals surface area contributed by atoms with Crippen molar-refractivity contribution in [3.05, 3.63) is 70.5 Å². The van der Waals surface area contributed by atoms with Crippen LogP contribution >= 0.6 is 0 Å². The lowest BCUT2D eigenvalue weighted by molar-refractivity contribution is -0.126. The predicted molar refractivity (Wildman–Crippen MR) is 116 cm³/mol. The molecule has 1 amide bonds. The largest absolute Gasteiger partial charge is 0.349 e. The summed E-state index contributed by atoms with van der Waals surface area (Å²) < 4.78 is 39.8. The van der Waals surface area contributed by atoms with Crippen LogP contribution < -0.4 is 5.32 Å². The molecule has 1 atom stereocenters. The molecule has 0 saturated carbocycles. The number of amides is 1. The zero-order valence-corrected chi connectivity index (χ0v) is 18.5. The number of nitrogens with one attached hydrogen (secondary N) is 1. The van der Waals surface area contributed by atoms with Crippen LogP contribution in [0.3, 0.4) is 0 Å². The van der Waals surface area contributed by atoms with E-state index >= 15 is 0 Å². The molecule has 5 nitrogen and oxygen atoms in total. The number of carbonyl (C=O) groups excluding carboxylic acids is 1. The Morgan fingerprint density at radius 1 is 1.13 bits per heavy atom. The van der Waals surface area contributed by atoms with E-state index in [1.54, 1.807) is 0 Å². The van der Waals surface area contributed by atoms with Crippen LogP contribution in [-0.2, 0) is 20.6 Å². The minimum atomic E-state index is -3.50. The molecule has 162 valence electrons. The Morgan fingerprint density at radius 2 is 1.77 bits per heavy atom. The number of rotatable bonds is 6. The lowest BCUT2D eigenvalue weighted by Crippen LogP contribution is -2.43. The highest BCUT2D eigenvalue weighted by atomic mass is 32.2. The third kappa shape index (κ3) is 5.46. The van der Waals surface area contributed by atoms with Gasteiger partial charge in [0.05, 0.1) is 11.8 Å². The van der Waals surface area contributed by atoms with Gasteiger partial charge in [-0.2, -0.15) is 0 Å². The molecule has 1 N–H and O–H groups in total. The molecule has 0 spiro atoms. The number of benzene rings is 2. The maximum absolute atomic E-state index is 13.0. The van der Waals surface area contributed by atoms with Crippen LogP contribution in [0.5, 0.6) is 0 Å². The standard InChI is InChI=1S/C23H29FN2O3S/c1-16-4-5-17(2)22(14-16)18(3)25-23(27)20-10-12-26(13-11-20)30(28,29)15-19-6-8-21(24)9-7-19/h4-9,14,18,20H,10-13,15H2,1-3H3,(H,25,27)/t18-/m0/s1. The smallest absolute Gasteiger partial charge is 0.223 e. The molecular weight excluding hydrogens is 403 g/mol. The molecule has 1 fully saturated rings. The van der Waals surface area contributed by atoms with Gasteiger partial charge in [-0.05, 0) is 62.4 Å². The normalized spacial score (nSPS) is 16.9. The molecule has 2 aromatic carbocycles. The first-order valence-corrected chi connectivity index (χ1v) is 11.9. The number of nitrogens with zero attached hydrogens (tertiary/aromatic N) is 1. The van der Waals surface area contributed by atoms with Crippen LogP contribution in [0.1, 0.15) is 48.1 Å². The summed E-state index contributed by atoms with van der Waals surface area (Å²) >= 11 is 0. The fourth-order valence-electron chi connectivity index (χ4n) is 3.91. The van der Waals surface area contributed by atoms with Gasteiger partial charge in [0.1, 0.15) is 5.82 Å². The Labute approximate surface area is 178 Å². The Bertz CT molecular complexity index is 998. The Balaban J connectivity index is 1.56. The van der Waals surface area contributed by atoms with E-state index in [1.807, 2.05) is 20.8 Å². The average molecular weight is 433 g/mol. The lowest BCUT2D eigenvalue weighted by Gasteiger charge is -2.31. The molecule has 0 radical (unpaired) electrons. The van der Waals surface area contributed by atoms with Crippen molar-refractivity contribution in [2.75, 3.05) is 13.1 Å². The second-order valence-corrected chi connectivity index (χ2v) is 10.1. The summed E-state index contributed by atoms with van der Waals surface area (Å²) in [7, 11) is -3.50. The number of piperidine rings is 1. The first kappa shape index (κ1) is 22.4. The molecule has 0 aliphatic carbocycles. The minimum absolute atomic E-state index is 0.0287. The van der Waals surface area contributed by atoms with Gasteiger partial charge >= 0.3 is 0 Å². The minimum Gasteiger partial charge on any atom is -0.349 e. The Kier molecular flexibility index (Phi) is 6.93. The summed E-state index contributed by atoms with van der Waals surface area (Å²) in [6.45, 7) is 6.67. The summed E-state index contributed by atoms with van der Waals surface area (Å²) in [6, 6.07) is 11.6. The molecule has 3 rings (SSSR count). The fourth-order valence-corrected chi connectivity index (χ4v) is 5.48. The first-order chi connectivity index (χ1) is 14.2. The van der Waals surface area contributed by atoms with Crippen LogP contribution in [0.4, 0.5) is 4.39 Å².